The summed E-state index contributed by atoms with van der Waals surface area (Å²) < 4.78 is 27.2. The van der Waals surface area contributed by atoms with Crippen LogP contribution >= 0.6 is 0 Å². The second kappa shape index (κ2) is 11.8. The summed E-state index contributed by atoms with van der Waals surface area (Å²) in [5, 5.41) is 17.2. The highest BCUT2D eigenvalue weighted by molar-refractivity contribution is 7.89. The molecular formula is C21H32N4O6S. The molecule has 0 aromatic heterocycles. The second-order valence-electron chi connectivity index (χ2n) is 7.77. The average molecular weight is 469 g/mol. The molecule has 0 spiro atoms. The van der Waals surface area contributed by atoms with Crippen molar-refractivity contribution in [2.75, 3.05) is 19.6 Å². The van der Waals surface area contributed by atoms with Crippen LogP contribution in [0.25, 0.3) is 0 Å². The molecule has 1 aromatic carbocycles. The second-order valence-corrected chi connectivity index (χ2v) is 9.66. The number of urea groups is 1. The maximum atomic E-state index is 13.0. The zero-order valence-corrected chi connectivity index (χ0v) is 19.3. The predicted molar refractivity (Wildman–Crippen MR) is 119 cm³/mol. The van der Waals surface area contributed by atoms with Gasteiger partial charge in [-0.25, -0.2) is 18.0 Å². The van der Waals surface area contributed by atoms with Gasteiger partial charge in [0.15, 0.2) is 0 Å². The van der Waals surface area contributed by atoms with Gasteiger partial charge in [-0.2, -0.15) is 4.31 Å². The van der Waals surface area contributed by atoms with E-state index in [9.17, 15) is 27.9 Å². The van der Waals surface area contributed by atoms with Crippen LogP contribution in [0.2, 0.25) is 0 Å². The van der Waals surface area contributed by atoms with E-state index >= 15 is 0 Å². The number of sulfonamides is 1. The summed E-state index contributed by atoms with van der Waals surface area (Å²) in [5.41, 5.74) is 0.921. The molecule has 1 aromatic rings. The van der Waals surface area contributed by atoms with Crippen molar-refractivity contribution >= 4 is 27.9 Å². The number of aliphatic carboxylic acids is 1. The Hall–Kier alpha value is -2.66. The molecule has 32 heavy (non-hydrogen) atoms. The van der Waals surface area contributed by atoms with Crippen LogP contribution in [0.3, 0.4) is 0 Å². The molecule has 0 unspecified atom stereocenters. The summed E-state index contributed by atoms with van der Waals surface area (Å²) >= 11 is 0. The Bertz CT molecular complexity index is 903. The molecule has 0 saturated carbocycles. The normalized spacial score (nSPS) is 17.5. The SMILES string of the molecule is CCNC(=O)NCCCC[C@H](NC(=O)[C@@H]1CCCN1S(=O)(=O)c1ccc(C)cc1)C(=O)O. The van der Waals surface area contributed by atoms with Crippen LogP contribution in [0.15, 0.2) is 29.2 Å². The number of aryl methyl sites for hydroxylation is 1. The molecular weight excluding hydrogens is 436 g/mol. The largest absolute Gasteiger partial charge is 0.480 e. The lowest BCUT2D eigenvalue weighted by atomic mass is 10.1. The van der Waals surface area contributed by atoms with Gasteiger partial charge in [0.2, 0.25) is 15.9 Å². The highest BCUT2D eigenvalue weighted by atomic mass is 32.2. The molecule has 11 heteroatoms. The fourth-order valence-corrected chi connectivity index (χ4v) is 5.22. The van der Waals surface area contributed by atoms with Crippen molar-refractivity contribution in [1.29, 1.82) is 0 Å². The summed E-state index contributed by atoms with van der Waals surface area (Å²) in [4.78, 5) is 35.9. The van der Waals surface area contributed by atoms with Gasteiger partial charge in [0, 0.05) is 19.6 Å². The summed E-state index contributed by atoms with van der Waals surface area (Å²) in [7, 11) is -3.86. The van der Waals surface area contributed by atoms with Gasteiger partial charge in [0.1, 0.15) is 12.1 Å². The smallest absolute Gasteiger partial charge is 0.326 e. The van der Waals surface area contributed by atoms with Gasteiger partial charge < -0.3 is 21.1 Å². The number of rotatable bonds is 11. The molecule has 0 radical (unpaired) electrons. The Morgan fingerprint density at radius 1 is 1.16 bits per heavy atom. The van der Waals surface area contributed by atoms with Gasteiger partial charge in [-0.15, -0.1) is 0 Å². The van der Waals surface area contributed by atoms with Crippen LogP contribution in [-0.2, 0) is 19.6 Å². The van der Waals surface area contributed by atoms with E-state index in [0.717, 1.165) is 9.87 Å². The van der Waals surface area contributed by atoms with E-state index in [2.05, 4.69) is 16.0 Å². The van der Waals surface area contributed by atoms with Gasteiger partial charge >= 0.3 is 12.0 Å². The van der Waals surface area contributed by atoms with E-state index < -0.39 is 34.0 Å². The van der Waals surface area contributed by atoms with E-state index in [1.165, 1.54) is 12.1 Å². The lowest BCUT2D eigenvalue weighted by Gasteiger charge is -2.25. The maximum Gasteiger partial charge on any atom is 0.326 e. The molecule has 2 rings (SSSR count). The number of carboxylic acids is 1. The molecule has 1 heterocycles. The molecule has 1 fully saturated rings. The van der Waals surface area contributed by atoms with Crippen LogP contribution in [0, 0.1) is 6.92 Å². The third-order valence-corrected chi connectivity index (χ3v) is 7.21. The molecule has 0 aliphatic carbocycles. The van der Waals surface area contributed by atoms with Gasteiger partial charge in [0.25, 0.3) is 0 Å². The molecule has 1 saturated heterocycles. The number of carbonyl (C=O) groups excluding carboxylic acids is 2. The van der Waals surface area contributed by atoms with E-state index in [-0.39, 0.29) is 23.9 Å². The van der Waals surface area contributed by atoms with Crippen molar-refractivity contribution in [1.82, 2.24) is 20.3 Å². The van der Waals surface area contributed by atoms with Crippen LogP contribution < -0.4 is 16.0 Å². The lowest BCUT2D eigenvalue weighted by Crippen LogP contribution is -2.50. The average Bonchev–Trinajstić information content (AvgIpc) is 3.24. The Balaban J connectivity index is 1.95. The number of carbonyl (C=O) groups is 3. The molecule has 2 atom stereocenters. The minimum Gasteiger partial charge on any atom is -0.480 e. The lowest BCUT2D eigenvalue weighted by molar-refractivity contribution is -0.142. The number of nitrogens with zero attached hydrogens (tertiary/aromatic N) is 1. The number of unbranched alkanes of at least 4 members (excludes halogenated alkanes) is 1. The number of hydrogen-bond donors (Lipinski definition) is 4. The maximum absolute atomic E-state index is 13.0. The standard InChI is InChI=1S/C21H32N4O6S/c1-3-22-21(29)23-13-5-4-7-17(20(27)28)24-19(26)18-8-6-14-25(18)32(30,31)16-11-9-15(2)10-12-16/h9-12,17-18H,3-8,13-14H2,1-2H3,(H,24,26)(H,27,28)(H2,22,23,29)/t17-,18-/m0/s1. The monoisotopic (exact) mass is 468 g/mol. The number of amides is 3. The minimum atomic E-state index is -3.86. The molecule has 1 aliphatic rings. The van der Waals surface area contributed by atoms with Gasteiger partial charge in [-0.05, 0) is 58.1 Å². The van der Waals surface area contributed by atoms with E-state index in [4.69, 9.17) is 0 Å². The highest BCUT2D eigenvalue weighted by Gasteiger charge is 2.40. The Kier molecular flexibility index (Phi) is 9.45. The molecule has 10 nitrogen and oxygen atoms in total. The first kappa shape index (κ1) is 25.6. The number of hydrogen-bond acceptors (Lipinski definition) is 5. The van der Waals surface area contributed by atoms with Gasteiger partial charge in [0.05, 0.1) is 4.90 Å². The van der Waals surface area contributed by atoms with Gasteiger partial charge in [-0.1, -0.05) is 17.7 Å². The van der Waals surface area contributed by atoms with Crippen LogP contribution in [-0.4, -0.2) is 67.5 Å². The van der Waals surface area contributed by atoms with Crippen molar-refractivity contribution in [2.45, 2.75) is 62.9 Å². The Labute approximate surface area is 188 Å². The fourth-order valence-electron chi connectivity index (χ4n) is 3.56. The highest BCUT2D eigenvalue weighted by Crippen LogP contribution is 2.26. The molecule has 0 bridgehead atoms. The quantitative estimate of drug-likeness (QED) is 0.359. The van der Waals surface area contributed by atoms with Crippen LogP contribution in [0.5, 0.6) is 0 Å². The fraction of sp³-hybridized carbons (Fsp3) is 0.571. The number of carboxylic acid groups (broad SMARTS) is 1. The molecule has 3 amide bonds. The molecule has 178 valence electrons. The zero-order valence-electron chi connectivity index (χ0n) is 18.5. The minimum absolute atomic E-state index is 0.109. The third-order valence-electron chi connectivity index (χ3n) is 5.29. The van der Waals surface area contributed by atoms with E-state index in [1.54, 1.807) is 19.1 Å². The van der Waals surface area contributed by atoms with Crippen molar-refractivity contribution in [3.8, 4) is 0 Å². The summed E-state index contributed by atoms with van der Waals surface area (Å²) in [6.07, 6.45) is 2.05. The summed E-state index contributed by atoms with van der Waals surface area (Å²) in [6, 6.07) is 4.05. The van der Waals surface area contributed by atoms with Gasteiger partial charge in [-0.3, -0.25) is 4.79 Å². The molecule has 1 aliphatic heterocycles. The van der Waals surface area contributed by atoms with E-state index in [0.29, 0.717) is 38.8 Å². The van der Waals surface area contributed by atoms with E-state index in [1.807, 2.05) is 6.92 Å². The first-order valence-corrected chi connectivity index (χ1v) is 12.2. The number of benzene rings is 1. The first-order valence-electron chi connectivity index (χ1n) is 10.8. The number of nitrogens with one attached hydrogen (secondary N) is 3. The summed E-state index contributed by atoms with van der Waals surface area (Å²) in [6.45, 7) is 4.76. The third kappa shape index (κ3) is 6.92. The topological polar surface area (TPSA) is 145 Å². The van der Waals surface area contributed by atoms with Crippen molar-refractivity contribution in [3.05, 3.63) is 29.8 Å². The van der Waals surface area contributed by atoms with Crippen LogP contribution in [0.1, 0.15) is 44.6 Å². The predicted octanol–water partition coefficient (Wildman–Crippen LogP) is 1.21. The van der Waals surface area contributed by atoms with Crippen molar-refractivity contribution in [3.63, 3.8) is 0 Å². The zero-order chi connectivity index (χ0) is 23.7. The Morgan fingerprint density at radius 3 is 2.47 bits per heavy atom. The first-order chi connectivity index (χ1) is 15.2. The van der Waals surface area contributed by atoms with Crippen molar-refractivity contribution in [2.24, 2.45) is 0 Å². The Morgan fingerprint density at radius 2 is 1.84 bits per heavy atom. The van der Waals surface area contributed by atoms with Crippen molar-refractivity contribution < 1.29 is 27.9 Å². The van der Waals surface area contributed by atoms with Crippen LogP contribution in [0.4, 0.5) is 4.79 Å². The summed E-state index contributed by atoms with van der Waals surface area (Å²) in [5.74, 6) is -1.79. The molecule has 4 N–H and O–H groups in total.